The number of hydrogen-bond donors (Lipinski definition) is 2. The first kappa shape index (κ1) is 15.3. The van der Waals surface area contributed by atoms with Crippen molar-refractivity contribution in [1.29, 1.82) is 0 Å². The molecule has 1 fully saturated rings. The Morgan fingerprint density at radius 2 is 2.10 bits per heavy atom. The largest absolute Gasteiger partial charge is 0.326 e. The number of carbonyl (C=O) groups is 1. The van der Waals surface area contributed by atoms with Gasteiger partial charge >= 0.3 is 0 Å². The SMILES string of the molecule is C[C@H]1C[C@@H](C(=O)Nc2ccc(SC(F)F)cc2)CCN1. The first-order valence-corrected chi connectivity index (χ1v) is 7.51. The van der Waals surface area contributed by atoms with Gasteiger partial charge in [0.1, 0.15) is 0 Å². The number of halogens is 2. The van der Waals surface area contributed by atoms with E-state index < -0.39 is 5.76 Å². The molecule has 2 atom stereocenters. The van der Waals surface area contributed by atoms with Crippen LogP contribution in [0.1, 0.15) is 19.8 Å². The van der Waals surface area contributed by atoms with Gasteiger partial charge in [-0.05, 0) is 50.6 Å². The third kappa shape index (κ3) is 4.45. The van der Waals surface area contributed by atoms with Crippen LogP contribution in [0.3, 0.4) is 0 Å². The highest BCUT2D eigenvalue weighted by Gasteiger charge is 2.24. The fraction of sp³-hybridized carbons (Fsp3) is 0.500. The Morgan fingerprint density at radius 1 is 1.40 bits per heavy atom. The van der Waals surface area contributed by atoms with Crippen LogP contribution in [0, 0.1) is 5.92 Å². The van der Waals surface area contributed by atoms with Crippen LogP contribution in [0.4, 0.5) is 14.5 Å². The fourth-order valence-corrected chi connectivity index (χ4v) is 2.83. The molecule has 1 aromatic rings. The molecule has 1 aromatic carbocycles. The van der Waals surface area contributed by atoms with Crippen LogP contribution >= 0.6 is 11.8 Å². The van der Waals surface area contributed by atoms with E-state index in [2.05, 4.69) is 17.6 Å². The number of amides is 1. The summed E-state index contributed by atoms with van der Waals surface area (Å²) in [6, 6.07) is 6.86. The summed E-state index contributed by atoms with van der Waals surface area (Å²) in [4.78, 5) is 12.6. The second-order valence-electron chi connectivity index (χ2n) is 4.97. The number of alkyl halides is 2. The monoisotopic (exact) mass is 300 g/mol. The Hall–Kier alpha value is -1.14. The second kappa shape index (κ2) is 7.04. The molecular formula is C14H18F2N2OS. The Morgan fingerprint density at radius 3 is 2.70 bits per heavy atom. The average molecular weight is 300 g/mol. The molecule has 0 radical (unpaired) electrons. The molecule has 0 unspecified atom stereocenters. The maximum Gasteiger partial charge on any atom is 0.288 e. The highest BCUT2D eigenvalue weighted by atomic mass is 32.2. The summed E-state index contributed by atoms with van der Waals surface area (Å²) >= 11 is 0.500. The van der Waals surface area contributed by atoms with Gasteiger partial charge in [-0.3, -0.25) is 4.79 Å². The van der Waals surface area contributed by atoms with Crippen LogP contribution in [0.25, 0.3) is 0 Å². The van der Waals surface area contributed by atoms with Crippen molar-refractivity contribution in [1.82, 2.24) is 5.32 Å². The highest BCUT2D eigenvalue weighted by molar-refractivity contribution is 7.99. The van der Waals surface area contributed by atoms with E-state index in [1.54, 1.807) is 24.3 Å². The summed E-state index contributed by atoms with van der Waals surface area (Å²) in [6.07, 6.45) is 1.65. The molecule has 1 saturated heterocycles. The van der Waals surface area contributed by atoms with Gasteiger partial charge in [0.2, 0.25) is 5.91 Å². The minimum absolute atomic E-state index is 0.00705. The van der Waals surface area contributed by atoms with E-state index in [0.717, 1.165) is 19.4 Å². The first-order valence-electron chi connectivity index (χ1n) is 6.63. The van der Waals surface area contributed by atoms with Crippen LogP contribution in [-0.4, -0.2) is 24.3 Å². The molecule has 0 aliphatic carbocycles. The number of piperidine rings is 1. The van der Waals surface area contributed by atoms with E-state index in [4.69, 9.17) is 0 Å². The predicted molar refractivity (Wildman–Crippen MR) is 77.1 cm³/mol. The predicted octanol–water partition coefficient (Wildman–Crippen LogP) is 3.33. The maximum atomic E-state index is 12.2. The number of benzene rings is 1. The summed E-state index contributed by atoms with van der Waals surface area (Å²) in [5.41, 5.74) is 0.653. The summed E-state index contributed by atoms with van der Waals surface area (Å²) in [5.74, 6) is -2.40. The lowest BCUT2D eigenvalue weighted by Gasteiger charge is -2.27. The lowest BCUT2D eigenvalue weighted by Crippen LogP contribution is -2.40. The molecule has 0 spiro atoms. The van der Waals surface area contributed by atoms with E-state index in [1.807, 2.05) is 0 Å². The number of carbonyl (C=O) groups excluding carboxylic acids is 1. The lowest BCUT2D eigenvalue weighted by molar-refractivity contribution is -0.120. The second-order valence-corrected chi connectivity index (χ2v) is 6.03. The number of hydrogen-bond acceptors (Lipinski definition) is 3. The van der Waals surface area contributed by atoms with Gasteiger partial charge in [-0.1, -0.05) is 11.8 Å². The van der Waals surface area contributed by atoms with Crippen LogP contribution in [0.5, 0.6) is 0 Å². The zero-order valence-electron chi connectivity index (χ0n) is 11.2. The van der Waals surface area contributed by atoms with E-state index in [-0.39, 0.29) is 11.8 Å². The van der Waals surface area contributed by atoms with Crippen molar-refractivity contribution in [2.75, 3.05) is 11.9 Å². The van der Waals surface area contributed by atoms with E-state index >= 15 is 0 Å². The molecule has 0 bridgehead atoms. The van der Waals surface area contributed by atoms with Gasteiger partial charge in [-0.15, -0.1) is 0 Å². The van der Waals surface area contributed by atoms with E-state index in [1.165, 1.54) is 0 Å². The quantitative estimate of drug-likeness (QED) is 0.838. The Kier molecular flexibility index (Phi) is 5.37. The third-order valence-electron chi connectivity index (χ3n) is 3.34. The van der Waals surface area contributed by atoms with Gasteiger partial charge in [0.05, 0.1) is 0 Å². The van der Waals surface area contributed by atoms with Gasteiger partial charge in [-0.25, -0.2) is 0 Å². The zero-order chi connectivity index (χ0) is 14.5. The van der Waals surface area contributed by atoms with Gasteiger partial charge in [0.25, 0.3) is 5.76 Å². The van der Waals surface area contributed by atoms with Gasteiger partial charge in [-0.2, -0.15) is 8.78 Å². The number of thioether (sulfide) groups is 1. The normalized spacial score (nSPS) is 22.8. The highest BCUT2D eigenvalue weighted by Crippen LogP contribution is 2.26. The molecule has 1 heterocycles. The van der Waals surface area contributed by atoms with Gasteiger partial charge in [0, 0.05) is 22.5 Å². The summed E-state index contributed by atoms with van der Waals surface area (Å²) in [6.45, 7) is 2.92. The number of rotatable bonds is 4. The first-order chi connectivity index (χ1) is 9.54. The smallest absolute Gasteiger partial charge is 0.288 e. The molecule has 110 valence electrons. The molecule has 2 N–H and O–H groups in total. The van der Waals surface area contributed by atoms with Crippen molar-refractivity contribution < 1.29 is 13.6 Å². The lowest BCUT2D eigenvalue weighted by atomic mass is 9.92. The summed E-state index contributed by atoms with van der Waals surface area (Å²) in [5, 5.41) is 6.15. The van der Waals surface area contributed by atoms with Crippen molar-refractivity contribution in [3.8, 4) is 0 Å². The topological polar surface area (TPSA) is 41.1 Å². The van der Waals surface area contributed by atoms with Crippen LogP contribution in [-0.2, 0) is 4.79 Å². The van der Waals surface area contributed by atoms with Crippen molar-refractivity contribution in [3.63, 3.8) is 0 Å². The van der Waals surface area contributed by atoms with Crippen LogP contribution in [0.15, 0.2) is 29.2 Å². The molecule has 2 rings (SSSR count). The number of nitrogens with one attached hydrogen (secondary N) is 2. The number of anilines is 1. The van der Waals surface area contributed by atoms with Crippen molar-refractivity contribution in [2.45, 2.75) is 36.5 Å². The van der Waals surface area contributed by atoms with Gasteiger partial charge in [0.15, 0.2) is 0 Å². The van der Waals surface area contributed by atoms with Crippen LogP contribution in [0.2, 0.25) is 0 Å². The standard InChI is InChI=1S/C14H18F2N2OS/c1-9-8-10(6-7-17-9)13(19)18-11-2-4-12(5-3-11)20-14(15)16/h2-5,9-10,14,17H,6-8H2,1H3,(H,18,19)/t9-,10-/m0/s1. The molecule has 0 saturated carbocycles. The minimum Gasteiger partial charge on any atom is -0.326 e. The molecule has 0 aromatic heterocycles. The van der Waals surface area contributed by atoms with Crippen molar-refractivity contribution in [3.05, 3.63) is 24.3 Å². The molecule has 3 nitrogen and oxygen atoms in total. The van der Waals surface area contributed by atoms with Gasteiger partial charge < -0.3 is 10.6 Å². The summed E-state index contributed by atoms with van der Waals surface area (Å²) < 4.78 is 24.4. The maximum absolute atomic E-state index is 12.2. The Bertz CT molecular complexity index is 453. The molecule has 6 heteroatoms. The Balaban J connectivity index is 1.90. The fourth-order valence-electron chi connectivity index (χ4n) is 2.33. The van der Waals surface area contributed by atoms with E-state index in [9.17, 15) is 13.6 Å². The molecule has 1 amide bonds. The molecule has 1 aliphatic heterocycles. The molecule has 20 heavy (non-hydrogen) atoms. The van der Waals surface area contributed by atoms with Crippen molar-refractivity contribution >= 4 is 23.4 Å². The summed E-state index contributed by atoms with van der Waals surface area (Å²) in [7, 11) is 0. The van der Waals surface area contributed by atoms with E-state index in [0.29, 0.717) is 28.4 Å². The third-order valence-corrected chi connectivity index (χ3v) is 4.06. The molecular weight excluding hydrogens is 282 g/mol. The van der Waals surface area contributed by atoms with Crippen molar-refractivity contribution in [2.24, 2.45) is 5.92 Å². The van der Waals surface area contributed by atoms with Crippen LogP contribution < -0.4 is 10.6 Å². The zero-order valence-corrected chi connectivity index (χ0v) is 12.1. The Labute approximate surface area is 121 Å². The minimum atomic E-state index is -2.42. The molecule has 1 aliphatic rings. The average Bonchev–Trinajstić information content (AvgIpc) is 2.40.